The maximum atomic E-state index is 13.7. The molecule has 1 heterocycles. The van der Waals surface area contributed by atoms with Crippen LogP contribution in [0.2, 0.25) is 0 Å². The van der Waals surface area contributed by atoms with Crippen molar-refractivity contribution in [3.05, 3.63) is 29.6 Å². The quantitative estimate of drug-likeness (QED) is 0.872. The fourth-order valence-corrected chi connectivity index (χ4v) is 3.21. The van der Waals surface area contributed by atoms with E-state index in [0.29, 0.717) is 5.75 Å². The molecule has 2 unspecified atom stereocenters. The average Bonchev–Trinajstić information content (AvgIpc) is 3.23. The molecule has 3 nitrogen and oxygen atoms in total. The highest BCUT2D eigenvalue weighted by atomic mass is 19.1. The summed E-state index contributed by atoms with van der Waals surface area (Å²) in [6.45, 7) is 5.58. The number of nitrogens with one attached hydrogen (secondary N) is 1. The number of hydrogen-bond donors (Lipinski definition) is 1. The van der Waals surface area contributed by atoms with E-state index in [1.807, 2.05) is 6.07 Å². The molecule has 2 aliphatic rings. The maximum Gasteiger partial charge on any atom is 0.165 e. The zero-order valence-corrected chi connectivity index (χ0v) is 12.9. The van der Waals surface area contributed by atoms with Gasteiger partial charge in [0.25, 0.3) is 0 Å². The van der Waals surface area contributed by atoms with Gasteiger partial charge in [0.2, 0.25) is 0 Å². The third-order valence-electron chi connectivity index (χ3n) is 4.77. The second-order valence-electron chi connectivity index (χ2n) is 6.40. The highest BCUT2D eigenvalue weighted by Crippen LogP contribution is 2.31. The minimum absolute atomic E-state index is 0.167. The van der Waals surface area contributed by atoms with Gasteiger partial charge in [0.1, 0.15) is 0 Å². The zero-order valence-electron chi connectivity index (χ0n) is 12.9. The lowest BCUT2D eigenvalue weighted by Crippen LogP contribution is -2.29. The van der Waals surface area contributed by atoms with E-state index in [1.54, 1.807) is 12.1 Å². The van der Waals surface area contributed by atoms with Gasteiger partial charge < -0.3 is 15.0 Å². The van der Waals surface area contributed by atoms with E-state index in [2.05, 4.69) is 17.1 Å². The molecule has 4 heteroatoms. The first-order chi connectivity index (χ1) is 10.2. The van der Waals surface area contributed by atoms with Crippen molar-refractivity contribution in [1.29, 1.82) is 0 Å². The summed E-state index contributed by atoms with van der Waals surface area (Å²) in [5.41, 5.74) is 0.977. The van der Waals surface area contributed by atoms with Gasteiger partial charge in [-0.05, 0) is 62.9 Å². The first kappa shape index (κ1) is 14.8. The summed E-state index contributed by atoms with van der Waals surface area (Å²) in [6.07, 6.45) is 4.07. The molecular weight excluding hydrogens is 267 g/mol. The molecule has 0 aromatic heterocycles. The predicted octanol–water partition coefficient (Wildman–Crippen LogP) is 2.97. The van der Waals surface area contributed by atoms with Crippen molar-refractivity contribution in [3.63, 3.8) is 0 Å². The molecule has 0 radical (unpaired) electrons. The second-order valence-corrected chi connectivity index (χ2v) is 6.40. The van der Waals surface area contributed by atoms with Crippen LogP contribution in [0.25, 0.3) is 0 Å². The van der Waals surface area contributed by atoms with Crippen LogP contribution in [0.5, 0.6) is 5.75 Å². The maximum absolute atomic E-state index is 13.7. The van der Waals surface area contributed by atoms with E-state index >= 15 is 0 Å². The standard InChI is InChI=1S/C17H25FN2O/c1-12(14-3-6-17(21-2)16(18)9-14)19-10-13-7-8-20(11-13)15-4-5-15/h3,6,9,12-13,15,19H,4-5,7-8,10-11H2,1-2H3. The highest BCUT2D eigenvalue weighted by Gasteiger charge is 2.34. The number of likely N-dealkylation sites (tertiary alicyclic amines) is 1. The van der Waals surface area contributed by atoms with Gasteiger partial charge in [-0.1, -0.05) is 6.07 Å². The molecule has 1 aliphatic carbocycles. The smallest absolute Gasteiger partial charge is 0.165 e. The molecule has 1 saturated carbocycles. The van der Waals surface area contributed by atoms with Crippen molar-refractivity contribution >= 4 is 0 Å². The number of rotatable bonds is 6. The van der Waals surface area contributed by atoms with Crippen molar-refractivity contribution in [2.75, 3.05) is 26.7 Å². The van der Waals surface area contributed by atoms with E-state index < -0.39 is 0 Å². The van der Waals surface area contributed by atoms with Crippen LogP contribution in [-0.4, -0.2) is 37.7 Å². The molecule has 1 saturated heterocycles. The Morgan fingerprint density at radius 2 is 2.19 bits per heavy atom. The first-order valence-corrected chi connectivity index (χ1v) is 7.98. The van der Waals surface area contributed by atoms with Gasteiger partial charge in [0.05, 0.1) is 7.11 Å². The summed E-state index contributed by atoms with van der Waals surface area (Å²) in [6, 6.07) is 6.25. The lowest BCUT2D eigenvalue weighted by Gasteiger charge is -2.19. The molecule has 1 aliphatic heterocycles. The third kappa shape index (κ3) is 3.55. The summed E-state index contributed by atoms with van der Waals surface area (Å²) in [5.74, 6) is 0.752. The van der Waals surface area contributed by atoms with Gasteiger partial charge >= 0.3 is 0 Å². The number of halogens is 1. The van der Waals surface area contributed by atoms with E-state index in [-0.39, 0.29) is 11.9 Å². The molecule has 3 rings (SSSR count). The van der Waals surface area contributed by atoms with Gasteiger partial charge in [-0.3, -0.25) is 0 Å². The van der Waals surface area contributed by atoms with Crippen molar-refractivity contribution in [3.8, 4) is 5.75 Å². The molecule has 1 N–H and O–H groups in total. The molecule has 1 aromatic carbocycles. The van der Waals surface area contributed by atoms with Crippen molar-refractivity contribution in [2.24, 2.45) is 5.92 Å². The van der Waals surface area contributed by atoms with Gasteiger partial charge in [-0.2, -0.15) is 0 Å². The molecule has 21 heavy (non-hydrogen) atoms. The van der Waals surface area contributed by atoms with Crippen LogP contribution in [0, 0.1) is 11.7 Å². The largest absolute Gasteiger partial charge is 0.494 e. The molecular formula is C17H25FN2O. The summed E-state index contributed by atoms with van der Waals surface area (Å²) in [5, 5.41) is 3.55. The Morgan fingerprint density at radius 3 is 2.86 bits per heavy atom. The third-order valence-corrected chi connectivity index (χ3v) is 4.77. The van der Waals surface area contributed by atoms with Crippen molar-refractivity contribution < 1.29 is 9.13 Å². The summed E-state index contributed by atoms with van der Waals surface area (Å²) >= 11 is 0. The van der Waals surface area contributed by atoms with Crippen LogP contribution < -0.4 is 10.1 Å². The normalized spacial score (nSPS) is 24.2. The number of benzene rings is 1. The topological polar surface area (TPSA) is 24.5 Å². The Labute approximate surface area is 126 Å². The fourth-order valence-electron chi connectivity index (χ4n) is 3.21. The van der Waals surface area contributed by atoms with Gasteiger partial charge in [0, 0.05) is 18.6 Å². The predicted molar refractivity (Wildman–Crippen MR) is 82.1 cm³/mol. The van der Waals surface area contributed by atoms with Crippen LogP contribution in [0.4, 0.5) is 4.39 Å². The van der Waals surface area contributed by atoms with Crippen LogP contribution in [0.3, 0.4) is 0 Å². The summed E-state index contributed by atoms with van der Waals surface area (Å²) in [7, 11) is 1.49. The van der Waals surface area contributed by atoms with E-state index in [4.69, 9.17) is 4.74 Å². The first-order valence-electron chi connectivity index (χ1n) is 7.98. The monoisotopic (exact) mass is 292 g/mol. The molecule has 0 bridgehead atoms. The summed E-state index contributed by atoms with van der Waals surface area (Å²) < 4.78 is 18.7. The summed E-state index contributed by atoms with van der Waals surface area (Å²) in [4.78, 5) is 2.63. The van der Waals surface area contributed by atoms with Crippen molar-refractivity contribution in [1.82, 2.24) is 10.2 Å². The Bertz CT molecular complexity index is 490. The van der Waals surface area contributed by atoms with Crippen LogP contribution in [0.15, 0.2) is 18.2 Å². The van der Waals surface area contributed by atoms with Crippen LogP contribution in [0.1, 0.15) is 37.8 Å². The number of methoxy groups -OCH3 is 1. The van der Waals surface area contributed by atoms with Crippen LogP contribution >= 0.6 is 0 Å². The van der Waals surface area contributed by atoms with Crippen molar-refractivity contribution in [2.45, 2.75) is 38.3 Å². The Kier molecular flexibility index (Phi) is 4.45. The van der Waals surface area contributed by atoms with Gasteiger partial charge in [0.15, 0.2) is 11.6 Å². The Balaban J connectivity index is 1.49. The number of hydrogen-bond acceptors (Lipinski definition) is 3. The van der Waals surface area contributed by atoms with E-state index in [0.717, 1.165) is 24.1 Å². The molecule has 116 valence electrons. The van der Waals surface area contributed by atoms with Crippen LogP contribution in [-0.2, 0) is 0 Å². The zero-order chi connectivity index (χ0) is 14.8. The Hall–Kier alpha value is -1.13. The fraction of sp³-hybridized carbons (Fsp3) is 0.647. The molecule has 2 fully saturated rings. The second kappa shape index (κ2) is 6.32. The Morgan fingerprint density at radius 1 is 1.38 bits per heavy atom. The molecule has 0 spiro atoms. The number of nitrogens with zero attached hydrogens (tertiary/aromatic N) is 1. The lowest BCUT2D eigenvalue weighted by molar-refractivity contribution is 0.310. The number of ether oxygens (including phenoxy) is 1. The van der Waals surface area contributed by atoms with Gasteiger partial charge in [-0.25, -0.2) is 4.39 Å². The molecule has 1 aromatic rings. The minimum atomic E-state index is -0.288. The lowest BCUT2D eigenvalue weighted by atomic mass is 10.1. The SMILES string of the molecule is COc1ccc(C(C)NCC2CCN(C3CC3)C2)cc1F. The molecule has 0 amide bonds. The van der Waals surface area contributed by atoms with E-state index in [9.17, 15) is 4.39 Å². The highest BCUT2D eigenvalue weighted by molar-refractivity contribution is 5.30. The average molecular weight is 292 g/mol. The van der Waals surface area contributed by atoms with E-state index in [1.165, 1.54) is 39.5 Å². The molecule has 2 atom stereocenters. The minimum Gasteiger partial charge on any atom is -0.494 e. The van der Waals surface area contributed by atoms with Gasteiger partial charge in [-0.15, -0.1) is 0 Å².